The number of halogens is 3. The van der Waals surface area contributed by atoms with Crippen LogP contribution in [0.5, 0.6) is 0 Å². The summed E-state index contributed by atoms with van der Waals surface area (Å²) < 4.78 is 51.6. The highest BCUT2D eigenvalue weighted by atomic mass is 19.4. The maximum Gasteiger partial charge on any atom is 0.433 e. The zero-order valence-electron chi connectivity index (χ0n) is 20.0. The number of carbonyl (C=O) groups excluding carboxylic acids is 1. The molecule has 11 heteroatoms. The molecule has 34 heavy (non-hydrogen) atoms. The molecule has 3 rings (SSSR count). The van der Waals surface area contributed by atoms with Gasteiger partial charge < -0.3 is 19.7 Å². The van der Waals surface area contributed by atoms with Crippen LogP contribution in [0, 0.1) is 0 Å². The van der Waals surface area contributed by atoms with E-state index in [1.54, 1.807) is 25.5 Å². The largest absolute Gasteiger partial charge is 0.444 e. The lowest BCUT2D eigenvalue weighted by Crippen LogP contribution is -2.36. The van der Waals surface area contributed by atoms with E-state index in [0.717, 1.165) is 30.9 Å². The van der Waals surface area contributed by atoms with Gasteiger partial charge in [-0.2, -0.15) is 18.3 Å². The zero-order valence-corrected chi connectivity index (χ0v) is 20.0. The van der Waals surface area contributed by atoms with Crippen LogP contribution in [0.15, 0.2) is 24.5 Å². The van der Waals surface area contributed by atoms with Crippen molar-refractivity contribution in [3.8, 4) is 11.3 Å². The Hall–Kier alpha value is -2.66. The van der Waals surface area contributed by atoms with E-state index in [0.29, 0.717) is 37.5 Å². The van der Waals surface area contributed by atoms with Gasteiger partial charge in [0.05, 0.1) is 5.69 Å². The first-order valence-corrected chi connectivity index (χ1v) is 11.3. The number of alkyl halides is 3. The van der Waals surface area contributed by atoms with Gasteiger partial charge in [-0.25, -0.2) is 9.48 Å². The second-order valence-electron chi connectivity index (χ2n) is 9.40. The summed E-state index contributed by atoms with van der Waals surface area (Å²) in [7, 11) is 1.89. The number of amides is 1. The summed E-state index contributed by atoms with van der Waals surface area (Å²) in [5.74, 6) is 0. The molecule has 0 saturated carbocycles. The van der Waals surface area contributed by atoms with Crippen molar-refractivity contribution in [2.75, 3.05) is 26.7 Å². The Morgan fingerprint density at radius 2 is 2.06 bits per heavy atom. The van der Waals surface area contributed by atoms with Crippen LogP contribution in [0.1, 0.15) is 57.5 Å². The van der Waals surface area contributed by atoms with Crippen LogP contribution in [0.3, 0.4) is 0 Å². The molecule has 0 aromatic carbocycles. The lowest BCUT2D eigenvalue weighted by molar-refractivity contribution is -0.141. The molecule has 1 fully saturated rings. The first-order chi connectivity index (χ1) is 15.9. The van der Waals surface area contributed by atoms with Gasteiger partial charge in [0.25, 0.3) is 0 Å². The van der Waals surface area contributed by atoms with E-state index >= 15 is 0 Å². The zero-order chi connectivity index (χ0) is 24.9. The van der Waals surface area contributed by atoms with Crippen molar-refractivity contribution in [1.82, 2.24) is 25.0 Å². The molecule has 0 aliphatic carbocycles. The first kappa shape index (κ1) is 26.0. The van der Waals surface area contributed by atoms with Crippen LogP contribution in [-0.4, -0.2) is 58.1 Å². The lowest BCUT2D eigenvalue weighted by Gasteiger charge is -2.22. The molecule has 0 bridgehead atoms. The van der Waals surface area contributed by atoms with Gasteiger partial charge in [0.1, 0.15) is 17.5 Å². The molecule has 2 aromatic rings. The van der Waals surface area contributed by atoms with Crippen LogP contribution in [0.4, 0.5) is 18.0 Å². The van der Waals surface area contributed by atoms with Crippen LogP contribution in [0.25, 0.3) is 11.3 Å². The van der Waals surface area contributed by atoms with Gasteiger partial charge >= 0.3 is 12.3 Å². The quantitative estimate of drug-likeness (QED) is 0.619. The smallest absolute Gasteiger partial charge is 0.433 e. The van der Waals surface area contributed by atoms with Crippen LogP contribution < -0.4 is 5.32 Å². The van der Waals surface area contributed by atoms with Crippen LogP contribution >= 0.6 is 0 Å². The van der Waals surface area contributed by atoms with E-state index in [9.17, 15) is 18.0 Å². The minimum Gasteiger partial charge on any atom is -0.444 e. The summed E-state index contributed by atoms with van der Waals surface area (Å²) in [5.41, 5.74) is 0.366. The molecule has 3 heterocycles. The van der Waals surface area contributed by atoms with E-state index in [1.165, 1.54) is 12.3 Å². The predicted octanol–water partition coefficient (Wildman–Crippen LogP) is 4.62. The highest BCUT2D eigenvalue weighted by Gasteiger charge is 2.32. The van der Waals surface area contributed by atoms with E-state index in [1.807, 2.05) is 18.1 Å². The van der Waals surface area contributed by atoms with Crippen molar-refractivity contribution in [2.24, 2.45) is 0 Å². The van der Waals surface area contributed by atoms with Gasteiger partial charge in [-0.05, 0) is 59.2 Å². The molecule has 1 atom stereocenters. The Kier molecular flexibility index (Phi) is 8.19. The Labute approximate surface area is 197 Å². The number of carbonyl (C=O) groups is 1. The molecular formula is C23H32F3N5O3. The molecular weight excluding hydrogens is 451 g/mol. The van der Waals surface area contributed by atoms with Gasteiger partial charge in [0, 0.05) is 49.8 Å². The highest BCUT2D eigenvalue weighted by Crippen LogP contribution is 2.31. The molecule has 0 spiro atoms. The third kappa shape index (κ3) is 7.42. The molecule has 0 radical (unpaired) electrons. The number of nitrogens with one attached hydrogen (secondary N) is 1. The number of hydrogen-bond donors (Lipinski definition) is 1. The number of nitrogens with zero attached hydrogens (tertiary/aromatic N) is 4. The van der Waals surface area contributed by atoms with Crippen LogP contribution in [0.2, 0.25) is 0 Å². The first-order valence-electron chi connectivity index (χ1n) is 11.3. The van der Waals surface area contributed by atoms with Crippen molar-refractivity contribution in [3.05, 3.63) is 35.8 Å². The fraction of sp³-hybridized carbons (Fsp3) is 0.609. The Morgan fingerprint density at radius 1 is 1.29 bits per heavy atom. The second-order valence-corrected chi connectivity index (χ2v) is 9.40. The molecule has 1 aliphatic rings. The summed E-state index contributed by atoms with van der Waals surface area (Å²) in [6.07, 6.45) is 0.717. The Balaban J connectivity index is 1.73. The van der Waals surface area contributed by atoms with E-state index in [4.69, 9.17) is 9.47 Å². The third-order valence-corrected chi connectivity index (χ3v) is 5.19. The topological polar surface area (TPSA) is 81.5 Å². The van der Waals surface area contributed by atoms with E-state index < -0.39 is 23.6 Å². The minimum absolute atomic E-state index is 0.206. The standard InChI is InChI=1S/C23H32F3N5O3/c1-22(2,3)34-21(32)27-10-11-30(4)14-17-15-31(19-7-5-6-12-33-19)29-20(17)16-8-9-18(28-13-16)23(24,25)26/h8-9,13,15,19H,5-7,10-12,14H2,1-4H3,(H,27,32). The molecule has 1 unspecified atom stereocenters. The predicted molar refractivity (Wildman–Crippen MR) is 120 cm³/mol. The van der Waals surface area contributed by atoms with Gasteiger partial charge in [-0.1, -0.05) is 0 Å². The summed E-state index contributed by atoms with van der Waals surface area (Å²) in [6.45, 7) is 7.42. The average Bonchev–Trinajstić information content (AvgIpc) is 3.16. The number of ether oxygens (including phenoxy) is 2. The third-order valence-electron chi connectivity index (χ3n) is 5.19. The van der Waals surface area contributed by atoms with E-state index in [2.05, 4.69) is 15.4 Å². The maximum atomic E-state index is 12.9. The number of aromatic nitrogens is 3. The average molecular weight is 484 g/mol. The number of rotatable bonds is 7. The van der Waals surface area contributed by atoms with Gasteiger partial charge in [-0.15, -0.1) is 0 Å². The molecule has 188 valence electrons. The molecule has 1 saturated heterocycles. The summed E-state index contributed by atoms with van der Waals surface area (Å²) in [4.78, 5) is 17.4. The Morgan fingerprint density at radius 3 is 2.65 bits per heavy atom. The SMILES string of the molecule is CN(CCNC(=O)OC(C)(C)C)Cc1cn(C2CCCCO2)nc1-c1ccc(C(F)(F)F)nc1. The maximum absolute atomic E-state index is 12.9. The Bertz CT molecular complexity index is 948. The van der Waals surface area contributed by atoms with Crippen molar-refractivity contribution in [2.45, 2.75) is 64.6 Å². The molecule has 2 aromatic heterocycles. The monoisotopic (exact) mass is 483 g/mol. The fourth-order valence-corrected chi connectivity index (χ4v) is 3.60. The normalized spacial score (nSPS) is 17.1. The van der Waals surface area contributed by atoms with Crippen molar-refractivity contribution in [1.29, 1.82) is 0 Å². The van der Waals surface area contributed by atoms with Crippen molar-refractivity contribution >= 4 is 6.09 Å². The summed E-state index contributed by atoms with van der Waals surface area (Å²) in [5, 5.41) is 7.37. The van der Waals surface area contributed by atoms with Crippen molar-refractivity contribution < 1.29 is 27.4 Å². The highest BCUT2D eigenvalue weighted by molar-refractivity contribution is 5.67. The number of alkyl carbamates (subject to hydrolysis) is 1. The minimum atomic E-state index is -4.50. The van der Waals surface area contributed by atoms with Crippen LogP contribution in [-0.2, 0) is 22.2 Å². The molecule has 8 nitrogen and oxygen atoms in total. The van der Waals surface area contributed by atoms with E-state index in [-0.39, 0.29) is 6.23 Å². The number of pyridine rings is 1. The molecule has 1 amide bonds. The molecule has 1 N–H and O–H groups in total. The fourth-order valence-electron chi connectivity index (χ4n) is 3.60. The molecule has 1 aliphatic heterocycles. The van der Waals surface area contributed by atoms with Crippen molar-refractivity contribution in [3.63, 3.8) is 0 Å². The van der Waals surface area contributed by atoms with Gasteiger partial charge in [-0.3, -0.25) is 4.98 Å². The van der Waals surface area contributed by atoms with Gasteiger partial charge in [0.2, 0.25) is 0 Å². The lowest BCUT2D eigenvalue weighted by atomic mass is 10.1. The summed E-state index contributed by atoms with van der Waals surface area (Å²) in [6, 6.07) is 2.35. The van der Waals surface area contributed by atoms with Gasteiger partial charge in [0.15, 0.2) is 0 Å². The summed E-state index contributed by atoms with van der Waals surface area (Å²) >= 11 is 0. The number of hydrogen-bond acceptors (Lipinski definition) is 6. The number of likely N-dealkylation sites (N-methyl/N-ethyl adjacent to an activating group) is 1. The second kappa shape index (κ2) is 10.7.